The van der Waals surface area contributed by atoms with E-state index in [1.165, 1.54) is 12.5 Å². The van der Waals surface area contributed by atoms with Crippen LogP contribution in [0.1, 0.15) is 58.6 Å². The Bertz CT molecular complexity index is 472. The van der Waals surface area contributed by atoms with Crippen molar-refractivity contribution in [2.24, 2.45) is 23.5 Å². The van der Waals surface area contributed by atoms with Gasteiger partial charge in [0.25, 0.3) is 0 Å². The SMILES string of the molecule is CC1CCC(C(C)C)C(Oc2c(F)cccc2C(C)N)C1. The van der Waals surface area contributed by atoms with Crippen molar-refractivity contribution < 1.29 is 9.13 Å². The molecule has 1 aromatic carbocycles. The quantitative estimate of drug-likeness (QED) is 0.874. The summed E-state index contributed by atoms with van der Waals surface area (Å²) in [5, 5.41) is 0. The van der Waals surface area contributed by atoms with Gasteiger partial charge in [0.15, 0.2) is 11.6 Å². The lowest BCUT2D eigenvalue weighted by atomic mass is 9.75. The molecule has 2 nitrogen and oxygen atoms in total. The Morgan fingerprint density at radius 1 is 1.24 bits per heavy atom. The summed E-state index contributed by atoms with van der Waals surface area (Å²) in [5.74, 6) is 1.73. The largest absolute Gasteiger partial charge is 0.487 e. The van der Waals surface area contributed by atoms with Crippen LogP contribution < -0.4 is 10.5 Å². The number of nitrogens with two attached hydrogens (primary N) is 1. The van der Waals surface area contributed by atoms with E-state index in [-0.39, 0.29) is 18.0 Å². The van der Waals surface area contributed by atoms with Crippen molar-refractivity contribution in [3.05, 3.63) is 29.6 Å². The molecule has 0 aromatic heterocycles. The molecule has 0 aliphatic heterocycles. The van der Waals surface area contributed by atoms with Crippen LogP contribution in [0.15, 0.2) is 18.2 Å². The molecule has 2 N–H and O–H groups in total. The van der Waals surface area contributed by atoms with E-state index < -0.39 is 0 Å². The number of ether oxygens (including phenoxy) is 1. The van der Waals surface area contributed by atoms with Gasteiger partial charge in [0.05, 0.1) is 0 Å². The monoisotopic (exact) mass is 293 g/mol. The molecule has 0 bridgehead atoms. The average molecular weight is 293 g/mol. The summed E-state index contributed by atoms with van der Waals surface area (Å²) in [4.78, 5) is 0. The van der Waals surface area contributed by atoms with Gasteiger partial charge in [0.1, 0.15) is 6.10 Å². The van der Waals surface area contributed by atoms with Crippen molar-refractivity contribution in [3.8, 4) is 5.75 Å². The minimum atomic E-state index is -0.300. The van der Waals surface area contributed by atoms with E-state index in [1.54, 1.807) is 6.07 Å². The summed E-state index contributed by atoms with van der Waals surface area (Å²) < 4.78 is 20.4. The van der Waals surface area contributed by atoms with Crippen molar-refractivity contribution in [2.45, 2.75) is 59.1 Å². The Hall–Kier alpha value is -1.09. The highest BCUT2D eigenvalue weighted by Crippen LogP contribution is 2.38. The van der Waals surface area contributed by atoms with Crippen LogP contribution in [-0.2, 0) is 0 Å². The predicted molar refractivity (Wildman–Crippen MR) is 84.8 cm³/mol. The standard InChI is InChI=1S/C18H28FNO/c1-11(2)14-9-8-12(3)10-17(14)21-18-15(13(4)20)6-5-7-16(18)19/h5-7,11-14,17H,8-10,20H2,1-4H3. The smallest absolute Gasteiger partial charge is 0.165 e. The first-order valence-electron chi connectivity index (χ1n) is 8.10. The minimum absolute atomic E-state index is 0.0862. The predicted octanol–water partition coefficient (Wildman–Crippen LogP) is 4.69. The van der Waals surface area contributed by atoms with E-state index in [0.717, 1.165) is 18.4 Å². The zero-order valence-corrected chi connectivity index (χ0v) is 13.6. The van der Waals surface area contributed by atoms with Crippen LogP contribution in [0.4, 0.5) is 4.39 Å². The number of para-hydroxylation sites is 1. The lowest BCUT2D eigenvalue weighted by molar-refractivity contribution is 0.0421. The Morgan fingerprint density at radius 2 is 1.95 bits per heavy atom. The second-order valence-corrected chi connectivity index (χ2v) is 6.93. The van der Waals surface area contributed by atoms with Gasteiger partial charge in [0, 0.05) is 11.6 Å². The summed E-state index contributed by atoms with van der Waals surface area (Å²) >= 11 is 0. The summed E-state index contributed by atoms with van der Waals surface area (Å²) in [6.45, 7) is 8.57. The van der Waals surface area contributed by atoms with Crippen LogP contribution in [0.2, 0.25) is 0 Å². The first kappa shape index (κ1) is 16.3. The zero-order valence-electron chi connectivity index (χ0n) is 13.6. The topological polar surface area (TPSA) is 35.2 Å². The molecule has 0 amide bonds. The molecule has 2 rings (SSSR count). The van der Waals surface area contributed by atoms with Gasteiger partial charge >= 0.3 is 0 Å². The first-order valence-corrected chi connectivity index (χ1v) is 8.10. The van der Waals surface area contributed by atoms with Crippen molar-refractivity contribution >= 4 is 0 Å². The zero-order chi connectivity index (χ0) is 15.6. The molecule has 1 fully saturated rings. The van der Waals surface area contributed by atoms with Crippen LogP contribution in [0, 0.1) is 23.6 Å². The first-order chi connectivity index (χ1) is 9.90. The number of hydrogen-bond donors (Lipinski definition) is 1. The van der Waals surface area contributed by atoms with Crippen LogP contribution in [-0.4, -0.2) is 6.10 Å². The second-order valence-electron chi connectivity index (χ2n) is 6.93. The van der Waals surface area contributed by atoms with E-state index >= 15 is 0 Å². The number of benzene rings is 1. The highest BCUT2D eigenvalue weighted by Gasteiger charge is 2.33. The highest BCUT2D eigenvalue weighted by molar-refractivity contribution is 5.37. The molecule has 1 saturated carbocycles. The van der Waals surface area contributed by atoms with E-state index in [0.29, 0.717) is 23.5 Å². The van der Waals surface area contributed by atoms with Gasteiger partial charge in [-0.3, -0.25) is 0 Å². The van der Waals surface area contributed by atoms with Gasteiger partial charge in [-0.15, -0.1) is 0 Å². The van der Waals surface area contributed by atoms with Crippen molar-refractivity contribution in [1.29, 1.82) is 0 Å². The average Bonchev–Trinajstić information content (AvgIpc) is 2.40. The van der Waals surface area contributed by atoms with Crippen LogP contribution >= 0.6 is 0 Å². The van der Waals surface area contributed by atoms with E-state index in [9.17, 15) is 4.39 Å². The van der Waals surface area contributed by atoms with Gasteiger partial charge in [-0.25, -0.2) is 4.39 Å². The molecule has 1 aliphatic rings. The lowest BCUT2D eigenvalue weighted by Crippen LogP contribution is -2.37. The fourth-order valence-corrected chi connectivity index (χ4v) is 3.41. The molecule has 0 saturated heterocycles. The van der Waals surface area contributed by atoms with Gasteiger partial charge in [-0.05, 0) is 43.6 Å². The molecule has 21 heavy (non-hydrogen) atoms. The summed E-state index contributed by atoms with van der Waals surface area (Å²) in [6.07, 6.45) is 3.48. The van der Waals surface area contributed by atoms with Gasteiger partial charge in [-0.2, -0.15) is 0 Å². The van der Waals surface area contributed by atoms with Gasteiger partial charge in [0.2, 0.25) is 0 Å². The van der Waals surface area contributed by atoms with Gasteiger partial charge < -0.3 is 10.5 Å². The lowest BCUT2D eigenvalue weighted by Gasteiger charge is -2.37. The normalized spacial score (nSPS) is 27.7. The Kier molecular flexibility index (Phi) is 5.26. The maximum atomic E-state index is 14.2. The molecule has 4 unspecified atom stereocenters. The third-order valence-corrected chi connectivity index (χ3v) is 4.72. The number of halogens is 1. The van der Waals surface area contributed by atoms with Crippen LogP contribution in [0.25, 0.3) is 0 Å². The molecule has 3 heteroatoms. The van der Waals surface area contributed by atoms with E-state index in [2.05, 4.69) is 20.8 Å². The summed E-state index contributed by atoms with van der Waals surface area (Å²) in [7, 11) is 0. The van der Waals surface area contributed by atoms with Crippen molar-refractivity contribution in [1.82, 2.24) is 0 Å². The molecule has 1 aromatic rings. The third-order valence-electron chi connectivity index (χ3n) is 4.72. The molecule has 0 heterocycles. The molecular weight excluding hydrogens is 265 g/mol. The van der Waals surface area contributed by atoms with Crippen molar-refractivity contribution in [3.63, 3.8) is 0 Å². The molecular formula is C18H28FNO. The number of hydrogen-bond acceptors (Lipinski definition) is 2. The second kappa shape index (κ2) is 6.78. The molecule has 0 radical (unpaired) electrons. The van der Waals surface area contributed by atoms with E-state index in [4.69, 9.17) is 10.5 Å². The Morgan fingerprint density at radius 3 is 2.57 bits per heavy atom. The maximum Gasteiger partial charge on any atom is 0.165 e. The summed E-state index contributed by atoms with van der Waals surface area (Å²) in [6, 6.07) is 4.79. The fourth-order valence-electron chi connectivity index (χ4n) is 3.41. The molecule has 118 valence electrons. The van der Waals surface area contributed by atoms with Crippen LogP contribution in [0.3, 0.4) is 0 Å². The molecule has 4 atom stereocenters. The minimum Gasteiger partial charge on any atom is -0.487 e. The fraction of sp³-hybridized carbons (Fsp3) is 0.667. The number of rotatable bonds is 4. The Balaban J connectivity index is 2.26. The molecule has 0 spiro atoms. The summed E-state index contributed by atoms with van der Waals surface area (Å²) in [5.41, 5.74) is 6.72. The third kappa shape index (κ3) is 3.76. The molecule has 1 aliphatic carbocycles. The van der Waals surface area contributed by atoms with Crippen molar-refractivity contribution in [2.75, 3.05) is 0 Å². The highest BCUT2D eigenvalue weighted by atomic mass is 19.1. The Labute approximate surface area is 127 Å². The van der Waals surface area contributed by atoms with Crippen LogP contribution in [0.5, 0.6) is 5.75 Å². The van der Waals surface area contributed by atoms with E-state index in [1.807, 2.05) is 13.0 Å². The van der Waals surface area contributed by atoms with Gasteiger partial charge in [-0.1, -0.05) is 39.3 Å². The maximum absolute atomic E-state index is 14.2.